The number of carbonyl (C=O) groups is 1. The molecule has 3 rings (SSSR count). The maximum Gasteiger partial charge on any atom is 0.224 e. The van der Waals surface area contributed by atoms with Crippen LogP contribution in [-0.4, -0.2) is 25.2 Å². The maximum atomic E-state index is 12.0. The van der Waals surface area contributed by atoms with Crippen LogP contribution in [0, 0.1) is 6.92 Å². The quantitative estimate of drug-likeness (QED) is 0.551. The van der Waals surface area contributed by atoms with Crippen molar-refractivity contribution in [2.45, 2.75) is 32.6 Å². The van der Waals surface area contributed by atoms with Gasteiger partial charge in [0.05, 0.1) is 12.8 Å². The van der Waals surface area contributed by atoms with E-state index in [-0.39, 0.29) is 5.91 Å². The van der Waals surface area contributed by atoms with Gasteiger partial charge in [0.2, 0.25) is 5.91 Å². The van der Waals surface area contributed by atoms with E-state index in [4.69, 9.17) is 9.84 Å². The second-order valence-electron chi connectivity index (χ2n) is 6.19. The number of nitrogens with one attached hydrogen (secondary N) is 1. The molecule has 1 aromatic heterocycles. The Balaban J connectivity index is 0.00000126. The summed E-state index contributed by atoms with van der Waals surface area (Å²) in [6.07, 6.45) is 3.47. The van der Waals surface area contributed by atoms with E-state index in [1.165, 1.54) is 16.3 Å². The van der Waals surface area contributed by atoms with E-state index in [2.05, 4.69) is 35.6 Å². The lowest BCUT2D eigenvalue weighted by atomic mass is 10.0. The standard InChI is InChI=1S/C21H23NO2S.CH4O/c1-15-20(11-12-25-15)22-21(23)6-4-3-5-16-7-8-18-14-19(24-2)10-9-17(18)13-16;1-2/h7-14H,3-6H2,1-2H3,(H,22,23);2H,1H3. The molecule has 5 heteroatoms. The smallest absolute Gasteiger partial charge is 0.224 e. The summed E-state index contributed by atoms with van der Waals surface area (Å²) in [5.74, 6) is 0.985. The van der Waals surface area contributed by atoms with Gasteiger partial charge < -0.3 is 15.2 Å². The van der Waals surface area contributed by atoms with E-state index in [1.807, 2.05) is 24.4 Å². The second kappa shape index (κ2) is 10.7. The molecular formula is C22H27NO3S. The van der Waals surface area contributed by atoms with Crippen molar-refractivity contribution in [2.24, 2.45) is 0 Å². The Labute approximate surface area is 164 Å². The number of unbranched alkanes of at least 4 members (excludes halogenated alkanes) is 1. The van der Waals surface area contributed by atoms with Crippen molar-refractivity contribution < 1.29 is 14.6 Å². The predicted octanol–water partition coefficient (Wildman–Crippen LogP) is 5.18. The van der Waals surface area contributed by atoms with Crippen molar-refractivity contribution >= 4 is 33.7 Å². The summed E-state index contributed by atoms with van der Waals surface area (Å²) in [7, 11) is 2.69. The van der Waals surface area contributed by atoms with Gasteiger partial charge in [-0.05, 0) is 66.1 Å². The zero-order valence-corrected chi connectivity index (χ0v) is 16.9. The van der Waals surface area contributed by atoms with Gasteiger partial charge in [-0.3, -0.25) is 4.79 Å². The first-order valence-corrected chi connectivity index (χ1v) is 9.89. The molecule has 0 aliphatic rings. The molecular weight excluding hydrogens is 358 g/mol. The lowest BCUT2D eigenvalue weighted by molar-refractivity contribution is -0.116. The number of anilines is 1. The van der Waals surface area contributed by atoms with Crippen LogP contribution in [-0.2, 0) is 11.2 Å². The SMILES string of the molecule is CO.COc1ccc2cc(CCCCC(=O)Nc3ccsc3C)ccc2c1. The van der Waals surface area contributed by atoms with Gasteiger partial charge in [-0.2, -0.15) is 0 Å². The minimum Gasteiger partial charge on any atom is -0.497 e. The van der Waals surface area contributed by atoms with Crippen molar-refractivity contribution in [3.8, 4) is 5.75 Å². The van der Waals surface area contributed by atoms with E-state index in [1.54, 1.807) is 18.4 Å². The highest BCUT2D eigenvalue weighted by molar-refractivity contribution is 7.10. The summed E-state index contributed by atoms with van der Waals surface area (Å²) in [4.78, 5) is 13.1. The highest BCUT2D eigenvalue weighted by Gasteiger charge is 2.06. The van der Waals surface area contributed by atoms with Crippen molar-refractivity contribution in [3.63, 3.8) is 0 Å². The van der Waals surface area contributed by atoms with Gasteiger partial charge >= 0.3 is 0 Å². The Kier molecular flexibility index (Phi) is 8.30. The number of thiophene rings is 1. The van der Waals surface area contributed by atoms with Crippen LogP contribution >= 0.6 is 11.3 Å². The van der Waals surface area contributed by atoms with Gasteiger partial charge in [-0.25, -0.2) is 0 Å². The average Bonchev–Trinajstić information content (AvgIpc) is 3.10. The van der Waals surface area contributed by atoms with Gasteiger partial charge in [-0.15, -0.1) is 11.3 Å². The van der Waals surface area contributed by atoms with Gasteiger partial charge in [0.25, 0.3) is 0 Å². The number of ether oxygens (including phenoxy) is 1. The van der Waals surface area contributed by atoms with Crippen molar-refractivity contribution in [1.82, 2.24) is 0 Å². The zero-order valence-electron chi connectivity index (χ0n) is 16.1. The summed E-state index contributed by atoms with van der Waals surface area (Å²) in [5.41, 5.74) is 2.26. The number of benzene rings is 2. The first-order chi connectivity index (χ1) is 13.2. The van der Waals surface area contributed by atoms with Crippen LogP contribution < -0.4 is 10.1 Å². The summed E-state index contributed by atoms with van der Waals surface area (Å²) >= 11 is 1.65. The number of aliphatic hydroxyl groups is 1. The molecule has 1 heterocycles. The summed E-state index contributed by atoms with van der Waals surface area (Å²) in [6, 6.07) is 14.6. The number of amides is 1. The summed E-state index contributed by atoms with van der Waals surface area (Å²) < 4.78 is 5.26. The van der Waals surface area contributed by atoms with Crippen LogP contribution in [0.1, 0.15) is 29.7 Å². The molecule has 0 unspecified atom stereocenters. The number of methoxy groups -OCH3 is 1. The number of aliphatic hydroxyl groups excluding tert-OH is 1. The third-order valence-corrected chi connectivity index (χ3v) is 5.21. The molecule has 0 aliphatic carbocycles. The van der Waals surface area contributed by atoms with E-state index < -0.39 is 0 Å². The summed E-state index contributed by atoms with van der Waals surface area (Å²) in [5, 5.41) is 14.4. The fourth-order valence-corrected chi connectivity index (χ4v) is 3.55. The van der Waals surface area contributed by atoms with Crippen LogP contribution in [0.3, 0.4) is 0 Å². The average molecular weight is 386 g/mol. The second-order valence-corrected chi connectivity index (χ2v) is 7.31. The van der Waals surface area contributed by atoms with Crippen LogP contribution in [0.4, 0.5) is 5.69 Å². The number of fused-ring (bicyclic) bond motifs is 1. The monoisotopic (exact) mass is 385 g/mol. The van der Waals surface area contributed by atoms with Crippen LogP contribution in [0.15, 0.2) is 47.8 Å². The van der Waals surface area contributed by atoms with Crippen molar-refractivity contribution in [1.29, 1.82) is 0 Å². The van der Waals surface area contributed by atoms with Gasteiger partial charge in [-0.1, -0.05) is 24.3 Å². The molecule has 0 fully saturated rings. The number of hydrogen-bond acceptors (Lipinski definition) is 4. The Bertz CT molecular complexity index is 873. The normalized spacial score (nSPS) is 10.2. The largest absolute Gasteiger partial charge is 0.497 e. The first-order valence-electron chi connectivity index (χ1n) is 9.01. The van der Waals surface area contributed by atoms with Crippen LogP contribution in [0.2, 0.25) is 0 Å². The molecule has 2 aromatic carbocycles. The third kappa shape index (κ3) is 6.08. The molecule has 0 radical (unpaired) electrons. The molecule has 0 bridgehead atoms. The Morgan fingerprint density at radius 2 is 1.81 bits per heavy atom. The topological polar surface area (TPSA) is 58.6 Å². The fourth-order valence-electron chi connectivity index (χ4n) is 2.90. The van der Waals surface area contributed by atoms with E-state index in [0.29, 0.717) is 6.42 Å². The van der Waals surface area contributed by atoms with Gasteiger partial charge in [0.1, 0.15) is 5.75 Å². The molecule has 27 heavy (non-hydrogen) atoms. The molecule has 144 valence electrons. The first kappa shape index (κ1) is 20.9. The number of hydrogen-bond donors (Lipinski definition) is 2. The zero-order chi connectivity index (χ0) is 19.6. The Morgan fingerprint density at radius 3 is 2.52 bits per heavy atom. The van der Waals surface area contributed by atoms with Crippen molar-refractivity contribution in [2.75, 3.05) is 19.5 Å². The van der Waals surface area contributed by atoms with E-state index in [0.717, 1.165) is 42.7 Å². The Morgan fingerprint density at radius 1 is 1.07 bits per heavy atom. The molecule has 0 atom stereocenters. The number of aryl methyl sites for hydroxylation is 2. The van der Waals surface area contributed by atoms with Crippen LogP contribution in [0.25, 0.3) is 10.8 Å². The number of carbonyl (C=O) groups excluding carboxylic acids is 1. The molecule has 0 saturated carbocycles. The lowest BCUT2D eigenvalue weighted by Gasteiger charge is -2.07. The highest BCUT2D eigenvalue weighted by Crippen LogP contribution is 2.23. The minimum atomic E-state index is 0.104. The van der Waals surface area contributed by atoms with Crippen molar-refractivity contribution in [3.05, 3.63) is 58.3 Å². The predicted molar refractivity (Wildman–Crippen MR) is 114 cm³/mol. The third-order valence-electron chi connectivity index (χ3n) is 4.36. The summed E-state index contributed by atoms with van der Waals surface area (Å²) in [6.45, 7) is 2.02. The number of rotatable bonds is 7. The van der Waals surface area contributed by atoms with E-state index in [9.17, 15) is 4.79 Å². The maximum absolute atomic E-state index is 12.0. The van der Waals surface area contributed by atoms with Crippen LogP contribution in [0.5, 0.6) is 5.75 Å². The molecule has 1 amide bonds. The van der Waals surface area contributed by atoms with Gasteiger partial charge in [0.15, 0.2) is 0 Å². The molecule has 0 aliphatic heterocycles. The highest BCUT2D eigenvalue weighted by atomic mass is 32.1. The Hall–Kier alpha value is -2.37. The molecule has 0 spiro atoms. The van der Waals surface area contributed by atoms with Gasteiger partial charge in [0, 0.05) is 18.4 Å². The molecule has 0 saturated heterocycles. The fraction of sp³-hybridized carbons (Fsp3) is 0.318. The minimum absolute atomic E-state index is 0.104. The van der Waals surface area contributed by atoms with E-state index >= 15 is 0 Å². The lowest BCUT2D eigenvalue weighted by Crippen LogP contribution is -2.11. The molecule has 3 aromatic rings. The molecule has 4 nitrogen and oxygen atoms in total. The molecule has 2 N–H and O–H groups in total.